The standard InChI is InChI=1S/C9H15NS/c1-5-6-10-9(11-4)7-8(2)3/h5-8H,1H2,2-4H3/b9-7+,10-6-. The van der Waals surface area contributed by atoms with Crippen LogP contribution in [0.25, 0.3) is 0 Å². The minimum atomic E-state index is 0.555. The highest BCUT2D eigenvalue weighted by Crippen LogP contribution is 2.14. The third-order valence-corrected chi connectivity index (χ3v) is 1.65. The van der Waals surface area contributed by atoms with Gasteiger partial charge in [0.2, 0.25) is 0 Å². The third kappa shape index (κ3) is 5.92. The molecule has 0 spiro atoms. The van der Waals surface area contributed by atoms with E-state index in [0.29, 0.717) is 5.92 Å². The van der Waals surface area contributed by atoms with Gasteiger partial charge in [0.05, 0.1) is 5.03 Å². The van der Waals surface area contributed by atoms with Crippen molar-refractivity contribution >= 4 is 18.0 Å². The fraction of sp³-hybridized carbons (Fsp3) is 0.444. The van der Waals surface area contributed by atoms with Gasteiger partial charge >= 0.3 is 0 Å². The van der Waals surface area contributed by atoms with Crippen LogP contribution < -0.4 is 0 Å². The van der Waals surface area contributed by atoms with E-state index in [-0.39, 0.29) is 0 Å². The summed E-state index contributed by atoms with van der Waals surface area (Å²) in [6, 6.07) is 0. The summed E-state index contributed by atoms with van der Waals surface area (Å²) in [5.74, 6) is 0.555. The number of rotatable bonds is 4. The van der Waals surface area contributed by atoms with Crippen molar-refractivity contribution in [1.29, 1.82) is 0 Å². The Morgan fingerprint density at radius 3 is 2.55 bits per heavy atom. The van der Waals surface area contributed by atoms with E-state index in [9.17, 15) is 0 Å². The second kappa shape index (κ2) is 6.23. The molecule has 0 saturated heterocycles. The number of nitrogens with zero attached hydrogens (tertiary/aromatic N) is 1. The van der Waals surface area contributed by atoms with Crippen molar-refractivity contribution in [1.82, 2.24) is 0 Å². The van der Waals surface area contributed by atoms with Gasteiger partial charge in [0.25, 0.3) is 0 Å². The quantitative estimate of drug-likeness (QED) is 0.589. The fourth-order valence-corrected chi connectivity index (χ4v) is 1.15. The molecule has 0 aromatic rings. The molecule has 0 radical (unpaired) electrons. The van der Waals surface area contributed by atoms with E-state index in [1.807, 2.05) is 6.26 Å². The van der Waals surface area contributed by atoms with Crippen LogP contribution in [0.2, 0.25) is 0 Å². The Hall–Kier alpha value is -0.500. The topological polar surface area (TPSA) is 12.4 Å². The molecule has 0 fully saturated rings. The average molecular weight is 169 g/mol. The minimum Gasteiger partial charge on any atom is -0.250 e. The van der Waals surface area contributed by atoms with Gasteiger partial charge in [0.15, 0.2) is 0 Å². The van der Waals surface area contributed by atoms with Crippen LogP contribution in [0.1, 0.15) is 13.8 Å². The first kappa shape index (κ1) is 10.5. The van der Waals surface area contributed by atoms with Crippen LogP contribution in [-0.4, -0.2) is 12.5 Å². The second-order valence-corrected chi connectivity index (χ2v) is 3.29. The summed E-state index contributed by atoms with van der Waals surface area (Å²) >= 11 is 1.65. The number of aliphatic imine (C=N–C) groups is 1. The van der Waals surface area contributed by atoms with Gasteiger partial charge in [-0.2, -0.15) is 0 Å². The van der Waals surface area contributed by atoms with Crippen molar-refractivity contribution in [3.63, 3.8) is 0 Å². The largest absolute Gasteiger partial charge is 0.250 e. The van der Waals surface area contributed by atoms with Crippen molar-refractivity contribution in [2.75, 3.05) is 6.26 Å². The van der Waals surface area contributed by atoms with Gasteiger partial charge < -0.3 is 0 Å². The summed E-state index contributed by atoms with van der Waals surface area (Å²) in [5.41, 5.74) is 0. The van der Waals surface area contributed by atoms with Gasteiger partial charge in [-0.3, -0.25) is 4.99 Å². The SMILES string of the molecule is C=C/C=N\C(=C/C(C)C)SC. The maximum absolute atomic E-state index is 4.18. The Labute approximate surface area is 73.3 Å². The van der Waals surface area contributed by atoms with Crippen LogP contribution in [0.5, 0.6) is 0 Å². The first-order valence-corrected chi connectivity index (χ1v) is 4.84. The summed E-state index contributed by atoms with van der Waals surface area (Å²) in [4.78, 5) is 4.18. The highest BCUT2D eigenvalue weighted by molar-refractivity contribution is 8.02. The van der Waals surface area contributed by atoms with E-state index in [0.717, 1.165) is 5.03 Å². The number of hydrogen-bond acceptors (Lipinski definition) is 2. The average Bonchev–Trinajstić information content (AvgIpc) is 1.97. The van der Waals surface area contributed by atoms with Crippen molar-refractivity contribution in [3.05, 3.63) is 23.8 Å². The van der Waals surface area contributed by atoms with E-state index in [4.69, 9.17) is 0 Å². The highest BCUT2D eigenvalue weighted by atomic mass is 32.2. The molecule has 0 saturated carbocycles. The molecule has 0 rings (SSSR count). The summed E-state index contributed by atoms with van der Waals surface area (Å²) in [6.07, 6.45) is 7.55. The molecule has 0 heterocycles. The van der Waals surface area contributed by atoms with Crippen LogP contribution >= 0.6 is 11.8 Å². The van der Waals surface area contributed by atoms with Crippen LogP contribution in [-0.2, 0) is 0 Å². The van der Waals surface area contributed by atoms with E-state index >= 15 is 0 Å². The van der Waals surface area contributed by atoms with Gasteiger partial charge in [0.1, 0.15) is 0 Å². The van der Waals surface area contributed by atoms with Crippen molar-refractivity contribution in [2.24, 2.45) is 10.9 Å². The molecule has 0 atom stereocenters. The van der Waals surface area contributed by atoms with Crippen LogP contribution in [0.4, 0.5) is 0 Å². The zero-order valence-corrected chi connectivity index (χ0v) is 8.19. The van der Waals surface area contributed by atoms with E-state index in [1.54, 1.807) is 24.1 Å². The monoisotopic (exact) mass is 169 g/mol. The van der Waals surface area contributed by atoms with E-state index in [2.05, 4.69) is 31.5 Å². The summed E-state index contributed by atoms with van der Waals surface area (Å²) in [5, 5.41) is 1.06. The number of hydrogen-bond donors (Lipinski definition) is 0. The van der Waals surface area contributed by atoms with Crippen LogP contribution in [0, 0.1) is 5.92 Å². The maximum atomic E-state index is 4.18. The molecule has 0 aliphatic rings. The molecule has 0 N–H and O–H groups in total. The molecule has 62 valence electrons. The van der Waals surface area contributed by atoms with Crippen molar-refractivity contribution in [2.45, 2.75) is 13.8 Å². The van der Waals surface area contributed by atoms with Gasteiger partial charge in [-0.25, -0.2) is 0 Å². The molecule has 11 heavy (non-hydrogen) atoms. The lowest BCUT2D eigenvalue weighted by atomic mass is 10.2. The summed E-state index contributed by atoms with van der Waals surface area (Å²) < 4.78 is 0. The van der Waals surface area contributed by atoms with Gasteiger partial charge in [-0.15, -0.1) is 11.8 Å². The molecule has 0 aliphatic carbocycles. The highest BCUT2D eigenvalue weighted by Gasteiger charge is 1.91. The second-order valence-electron chi connectivity index (χ2n) is 2.47. The molecule has 2 heteroatoms. The Bertz CT molecular complexity index is 168. The lowest BCUT2D eigenvalue weighted by Crippen LogP contribution is -1.81. The van der Waals surface area contributed by atoms with E-state index in [1.165, 1.54) is 0 Å². The zero-order chi connectivity index (χ0) is 8.69. The lowest BCUT2D eigenvalue weighted by Gasteiger charge is -1.98. The molecular weight excluding hydrogens is 154 g/mol. The Morgan fingerprint density at radius 1 is 1.55 bits per heavy atom. The van der Waals surface area contributed by atoms with Crippen molar-refractivity contribution < 1.29 is 0 Å². The third-order valence-electron chi connectivity index (χ3n) is 0.992. The molecular formula is C9H15NS. The van der Waals surface area contributed by atoms with Crippen molar-refractivity contribution in [3.8, 4) is 0 Å². The molecule has 0 bridgehead atoms. The Balaban J connectivity index is 4.15. The molecule has 1 nitrogen and oxygen atoms in total. The zero-order valence-electron chi connectivity index (χ0n) is 7.37. The molecule has 0 aromatic heterocycles. The first-order valence-electron chi connectivity index (χ1n) is 3.61. The predicted octanol–water partition coefficient (Wildman–Crippen LogP) is 3.10. The Morgan fingerprint density at radius 2 is 2.18 bits per heavy atom. The smallest absolute Gasteiger partial charge is 0.0919 e. The maximum Gasteiger partial charge on any atom is 0.0919 e. The van der Waals surface area contributed by atoms with Gasteiger partial charge in [0, 0.05) is 6.21 Å². The summed E-state index contributed by atoms with van der Waals surface area (Å²) in [6.45, 7) is 7.84. The van der Waals surface area contributed by atoms with Gasteiger partial charge in [-0.05, 0) is 18.2 Å². The minimum absolute atomic E-state index is 0.555. The van der Waals surface area contributed by atoms with Gasteiger partial charge in [-0.1, -0.05) is 26.5 Å². The number of allylic oxidation sites excluding steroid dienone is 2. The summed E-state index contributed by atoms with van der Waals surface area (Å²) in [7, 11) is 0. The lowest BCUT2D eigenvalue weighted by molar-refractivity contribution is 0.827. The Kier molecular flexibility index (Phi) is 5.94. The fourth-order valence-electron chi connectivity index (χ4n) is 0.575. The number of thioether (sulfide) groups is 1. The molecule has 0 aromatic carbocycles. The predicted molar refractivity (Wildman–Crippen MR) is 55.1 cm³/mol. The first-order chi connectivity index (χ1) is 5.20. The van der Waals surface area contributed by atoms with Crippen LogP contribution in [0.3, 0.4) is 0 Å². The molecule has 0 aliphatic heterocycles. The molecule has 0 unspecified atom stereocenters. The van der Waals surface area contributed by atoms with E-state index < -0.39 is 0 Å². The van der Waals surface area contributed by atoms with Crippen LogP contribution in [0.15, 0.2) is 28.8 Å². The normalized spacial score (nSPS) is 12.9. The molecule has 0 amide bonds.